The number of hydrogen-bond donors (Lipinski definition) is 1. The van der Waals surface area contributed by atoms with E-state index in [-0.39, 0.29) is 16.8 Å². The smallest absolute Gasteiger partial charge is 0.408 e. The van der Waals surface area contributed by atoms with E-state index in [4.69, 9.17) is 23.4 Å². The minimum atomic E-state index is -0.904. The molecule has 1 aliphatic heterocycles. The van der Waals surface area contributed by atoms with Crippen molar-refractivity contribution in [1.29, 1.82) is 0 Å². The predicted octanol–water partition coefficient (Wildman–Crippen LogP) is 5.48. The zero-order chi connectivity index (χ0) is 28.2. The third-order valence-corrected chi connectivity index (χ3v) is 6.52. The molecular weight excluding hydrogens is 522 g/mol. The molecule has 39 heavy (non-hydrogen) atoms. The molecular formula is C29H33NO8S. The fourth-order valence-electron chi connectivity index (χ4n) is 4.12. The lowest BCUT2D eigenvalue weighted by atomic mass is 10.0. The van der Waals surface area contributed by atoms with Gasteiger partial charge in [-0.25, -0.2) is 9.59 Å². The number of thioether (sulfide) groups is 1. The van der Waals surface area contributed by atoms with Crippen molar-refractivity contribution in [3.05, 3.63) is 52.4 Å². The average molecular weight is 556 g/mol. The Labute approximate surface area is 231 Å². The van der Waals surface area contributed by atoms with Crippen molar-refractivity contribution in [1.82, 2.24) is 5.32 Å². The van der Waals surface area contributed by atoms with E-state index in [1.165, 1.54) is 12.1 Å². The van der Waals surface area contributed by atoms with Crippen LogP contribution in [0, 0.1) is 6.92 Å². The van der Waals surface area contributed by atoms with Crippen LogP contribution < -0.4 is 25.0 Å². The van der Waals surface area contributed by atoms with Crippen molar-refractivity contribution in [2.75, 3.05) is 25.2 Å². The predicted molar refractivity (Wildman–Crippen MR) is 150 cm³/mol. The maximum atomic E-state index is 13.5. The molecule has 0 aliphatic carbocycles. The van der Waals surface area contributed by atoms with Gasteiger partial charge in [0.15, 0.2) is 11.5 Å². The number of rotatable bonds is 7. The number of aryl methyl sites for hydroxylation is 1. The van der Waals surface area contributed by atoms with Crippen molar-refractivity contribution in [2.45, 2.75) is 52.2 Å². The summed E-state index contributed by atoms with van der Waals surface area (Å²) in [5.41, 5.74) is 0.436. The van der Waals surface area contributed by atoms with Gasteiger partial charge >= 0.3 is 12.1 Å². The van der Waals surface area contributed by atoms with E-state index in [0.717, 1.165) is 6.42 Å². The minimum absolute atomic E-state index is 0.193. The molecule has 1 aliphatic rings. The zero-order valence-corrected chi connectivity index (χ0v) is 23.6. The SMILES string of the molecule is CSCC[C@@H](NC(=O)OC(C)(C)C)C(=O)Oc1ccc2c(=O)c(-c3ccc4c(c3)OCCCO4)c(C)oc2c1. The molecule has 0 unspecified atom stereocenters. The number of esters is 1. The fourth-order valence-corrected chi connectivity index (χ4v) is 4.59. The summed E-state index contributed by atoms with van der Waals surface area (Å²) in [6, 6.07) is 9.07. The van der Waals surface area contributed by atoms with Crippen LogP contribution in [0.1, 0.15) is 39.4 Å². The first-order valence-corrected chi connectivity index (χ1v) is 14.1. The molecule has 3 aromatic rings. The van der Waals surface area contributed by atoms with Crippen molar-refractivity contribution in [3.63, 3.8) is 0 Å². The molecule has 0 spiro atoms. The number of alkyl carbamates (subject to hydrolysis) is 1. The molecule has 10 heteroatoms. The van der Waals surface area contributed by atoms with E-state index in [0.29, 0.717) is 59.2 Å². The normalized spacial score (nSPS) is 13.9. The Morgan fingerprint density at radius 1 is 1.08 bits per heavy atom. The van der Waals surface area contributed by atoms with Gasteiger partial charge in [0.25, 0.3) is 0 Å². The number of carbonyl (C=O) groups is 2. The van der Waals surface area contributed by atoms with E-state index >= 15 is 0 Å². The molecule has 4 rings (SSSR count). The van der Waals surface area contributed by atoms with Crippen LogP contribution >= 0.6 is 11.8 Å². The van der Waals surface area contributed by atoms with Crippen molar-refractivity contribution >= 4 is 34.8 Å². The van der Waals surface area contributed by atoms with Crippen molar-refractivity contribution in [2.24, 2.45) is 0 Å². The number of nitrogens with one attached hydrogen (secondary N) is 1. The fraction of sp³-hybridized carbons (Fsp3) is 0.414. The van der Waals surface area contributed by atoms with Crippen molar-refractivity contribution in [3.8, 4) is 28.4 Å². The number of ether oxygens (including phenoxy) is 4. The second-order valence-corrected chi connectivity index (χ2v) is 11.1. The first-order valence-electron chi connectivity index (χ1n) is 12.7. The Balaban J connectivity index is 1.58. The third kappa shape index (κ3) is 7.06. The van der Waals surface area contributed by atoms with E-state index in [9.17, 15) is 14.4 Å². The maximum absolute atomic E-state index is 13.5. The summed E-state index contributed by atoms with van der Waals surface area (Å²) in [6.07, 6.45) is 2.35. The Bertz CT molecular complexity index is 1430. The number of benzene rings is 2. The summed E-state index contributed by atoms with van der Waals surface area (Å²) in [5, 5.41) is 2.93. The Morgan fingerprint density at radius 3 is 2.54 bits per heavy atom. The summed E-state index contributed by atoms with van der Waals surface area (Å²) in [7, 11) is 0. The van der Waals surface area contributed by atoms with Gasteiger partial charge in [0.2, 0.25) is 5.43 Å². The van der Waals surface area contributed by atoms with Crippen LogP contribution in [0.4, 0.5) is 4.79 Å². The number of fused-ring (bicyclic) bond motifs is 2. The van der Waals surface area contributed by atoms with E-state index in [1.807, 2.05) is 6.26 Å². The second kappa shape index (κ2) is 12.0. The monoisotopic (exact) mass is 555 g/mol. The molecule has 0 radical (unpaired) electrons. The highest BCUT2D eigenvalue weighted by Gasteiger charge is 2.26. The molecule has 1 aromatic heterocycles. The van der Waals surface area contributed by atoms with Gasteiger partial charge in [-0.2, -0.15) is 11.8 Å². The van der Waals surface area contributed by atoms with Gasteiger partial charge in [0, 0.05) is 12.5 Å². The van der Waals surface area contributed by atoms with Gasteiger partial charge in [0.1, 0.15) is 28.7 Å². The van der Waals surface area contributed by atoms with Gasteiger partial charge in [-0.1, -0.05) is 6.07 Å². The molecule has 2 aromatic carbocycles. The van der Waals surface area contributed by atoms with Crippen LogP contribution in [0.15, 0.2) is 45.6 Å². The molecule has 0 bridgehead atoms. The molecule has 2 heterocycles. The molecule has 9 nitrogen and oxygen atoms in total. The van der Waals surface area contributed by atoms with Crippen LogP contribution in [0.25, 0.3) is 22.1 Å². The highest BCUT2D eigenvalue weighted by molar-refractivity contribution is 7.98. The minimum Gasteiger partial charge on any atom is -0.490 e. The van der Waals surface area contributed by atoms with Crippen LogP contribution in [0.2, 0.25) is 0 Å². The largest absolute Gasteiger partial charge is 0.490 e. The standard InChI is InChI=1S/C29H33NO8S/c1-17-25(18-7-10-22-24(15-18)35-13-6-12-34-22)26(31)20-9-8-19(16-23(20)36-17)37-27(32)21(11-14-39-5)30-28(33)38-29(2,3)4/h7-10,15-16,21H,6,11-14H2,1-5H3,(H,30,33)/t21-/m1/s1. The van der Waals surface area contributed by atoms with Gasteiger partial charge in [-0.05, 0) is 76.0 Å². The van der Waals surface area contributed by atoms with Crippen LogP contribution in [0.3, 0.4) is 0 Å². The van der Waals surface area contributed by atoms with E-state index in [2.05, 4.69) is 5.32 Å². The van der Waals surface area contributed by atoms with Crippen LogP contribution in [0.5, 0.6) is 17.2 Å². The summed E-state index contributed by atoms with van der Waals surface area (Å²) in [6.45, 7) is 8.05. The van der Waals surface area contributed by atoms with Crippen LogP contribution in [-0.2, 0) is 9.53 Å². The Morgan fingerprint density at radius 2 is 1.82 bits per heavy atom. The Hall–Kier alpha value is -3.66. The lowest BCUT2D eigenvalue weighted by Gasteiger charge is -2.22. The summed E-state index contributed by atoms with van der Waals surface area (Å²) in [5.74, 6) is 1.82. The number of amides is 1. The molecule has 0 saturated carbocycles. The molecule has 208 valence electrons. The second-order valence-electron chi connectivity index (χ2n) is 10.1. The van der Waals surface area contributed by atoms with Crippen molar-refractivity contribution < 1.29 is 33.0 Å². The molecule has 0 fully saturated rings. The van der Waals surface area contributed by atoms with E-state index < -0.39 is 23.7 Å². The molecule has 1 atom stereocenters. The quantitative estimate of drug-likeness (QED) is 0.299. The lowest BCUT2D eigenvalue weighted by Crippen LogP contribution is -2.45. The molecule has 1 N–H and O–H groups in total. The summed E-state index contributed by atoms with van der Waals surface area (Å²) >= 11 is 1.54. The summed E-state index contributed by atoms with van der Waals surface area (Å²) in [4.78, 5) is 38.7. The average Bonchev–Trinajstić information content (AvgIpc) is 3.10. The van der Waals surface area contributed by atoms with Gasteiger partial charge in [-0.3, -0.25) is 4.79 Å². The Kier molecular flexibility index (Phi) is 8.74. The highest BCUT2D eigenvalue weighted by atomic mass is 32.2. The zero-order valence-electron chi connectivity index (χ0n) is 22.8. The summed E-state index contributed by atoms with van der Waals surface area (Å²) < 4.78 is 28.3. The highest BCUT2D eigenvalue weighted by Crippen LogP contribution is 2.35. The van der Waals surface area contributed by atoms with Crippen LogP contribution in [-0.4, -0.2) is 48.9 Å². The third-order valence-electron chi connectivity index (χ3n) is 5.88. The van der Waals surface area contributed by atoms with Gasteiger partial charge in [0.05, 0.1) is 24.2 Å². The molecule has 1 amide bonds. The number of carbonyl (C=O) groups excluding carboxylic acids is 2. The van der Waals surface area contributed by atoms with E-state index in [1.54, 1.807) is 63.7 Å². The maximum Gasteiger partial charge on any atom is 0.408 e. The number of hydrogen-bond acceptors (Lipinski definition) is 9. The topological polar surface area (TPSA) is 113 Å². The first-order chi connectivity index (χ1) is 18.6. The molecule has 0 saturated heterocycles. The van der Waals surface area contributed by atoms with Gasteiger partial charge < -0.3 is 28.7 Å². The first kappa shape index (κ1) is 28.4. The van der Waals surface area contributed by atoms with Gasteiger partial charge in [-0.15, -0.1) is 0 Å². The lowest BCUT2D eigenvalue weighted by molar-refractivity contribution is -0.136.